The van der Waals surface area contributed by atoms with Crippen molar-refractivity contribution in [3.63, 3.8) is 0 Å². The number of anilines is 2. The number of halogens is 1. The molecule has 2 aromatic heterocycles. The molecule has 0 saturated carbocycles. The number of ether oxygens (including phenoxy) is 1. The predicted octanol–water partition coefficient (Wildman–Crippen LogP) is 6.16. The second kappa shape index (κ2) is 10.4. The maximum atomic E-state index is 6.36. The van der Waals surface area contributed by atoms with E-state index in [0.29, 0.717) is 10.1 Å². The molecule has 0 bridgehead atoms. The van der Waals surface area contributed by atoms with E-state index in [4.69, 9.17) is 33.5 Å². The smallest absolute Gasteiger partial charge is 0.174 e. The highest BCUT2D eigenvalue weighted by Gasteiger charge is 2.42. The highest BCUT2D eigenvalue weighted by Crippen LogP contribution is 2.44. The van der Waals surface area contributed by atoms with Crippen molar-refractivity contribution in [2.75, 3.05) is 36.1 Å². The molecule has 6 rings (SSSR count). The van der Waals surface area contributed by atoms with E-state index in [0.717, 1.165) is 54.8 Å². The van der Waals surface area contributed by atoms with Crippen molar-refractivity contribution in [2.24, 2.45) is 0 Å². The van der Waals surface area contributed by atoms with E-state index in [1.54, 1.807) is 0 Å². The molecule has 4 aromatic rings. The molecule has 2 aliphatic rings. The fourth-order valence-electron chi connectivity index (χ4n) is 5.69. The van der Waals surface area contributed by atoms with E-state index >= 15 is 0 Å². The van der Waals surface area contributed by atoms with Gasteiger partial charge in [-0.3, -0.25) is 4.98 Å². The van der Waals surface area contributed by atoms with Crippen molar-refractivity contribution in [3.8, 4) is 5.69 Å². The van der Waals surface area contributed by atoms with Crippen LogP contribution in [0.4, 0.5) is 11.4 Å². The van der Waals surface area contributed by atoms with Crippen LogP contribution >= 0.6 is 23.8 Å². The van der Waals surface area contributed by atoms with Crippen molar-refractivity contribution in [2.45, 2.75) is 25.9 Å². The zero-order chi connectivity index (χ0) is 26.2. The second-order valence-corrected chi connectivity index (χ2v) is 10.6. The molecule has 2 aromatic carbocycles. The molecule has 1 N–H and O–H groups in total. The van der Waals surface area contributed by atoms with Gasteiger partial charge in [0.2, 0.25) is 0 Å². The molecule has 194 valence electrons. The average Bonchev–Trinajstić information content (AvgIpc) is 3.44. The van der Waals surface area contributed by atoms with Crippen molar-refractivity contribution >= 4 is 40.3 Å². The van der Waals surface area contributed by atoms with Gasteiger partial charge in [-0.15, -0.1) is 0 Å². The third-order valence-electron chi connectivity index (χ3n) is 7.46. The van der Waals surface area contributed by atoms with Crippen molar-refractivity contribution in [3.05, 3.63) is 107 Å². The minimum Gasteiger partial charge on any atom is -0.378 e. The number of thiocarbonyl (C=S) groups is 1. The molecule has 8 heteroatoms. The number of hydrogen-bond acceptors (Lipinski definition) is 4. The average molecular weight is 544 g/mol. The fourth-order valence-corrected chi connectivity index (χ4v) is 6.22. The summed E-state index contributed by atoms with van der Waals surface area (Å²) in [5, 5.41) is 5.00. The Morgan fingerprint density at radius 2 is 1.68 bits per heavy atom. The van der Waals surface area contributed by atoms with Crippen LogP contribution in [0.15, 0.2) is 79.0 Å². The van der Waals surface area contributed by atoms with E-state index in [-0.39, 0.29) is 12.1 Å². The Morgan fingerprint density at radius 1 is 0.921 bits per heavy atom. The summed E-state index contributed by atoms with van der Waals surface area (Å²) in [6.07, 6.45) is 1.84. The Hall–Kier alpha value is -3.39. The normalized spacial score (nSPS) is 19.6. The predicted molar refractivity (Wildman–Crippen MR) is 158 cm³/mol. The summed E-state index contributed by atoms with van der Waals surface area (Å²) < 4.78 is 7.79. The maximum Gasteiger partial charge on any atom is 0.174 e. The van der Waals surface area contributed by atoms with E-state index in [1.807, 2.05) is 36.5 Å². The van der Waals surface area contributed by atoms with Gasteiger partial charge in [-0.05, 0) is 92.3 Å². The Kier molecular flexibility index (Phi) is 6.82. The first kappa shape index (κ1) is 24.9. The van der Waals surface area contributed by atoms with Crippen molar-refractivity contribution < 1.29 is 4.74 Å². The molecule has 2 aliphatic heterocycles. The van der Waals surface area contributed by atoms with E-state index in [2.05, 4.69) is 76.0 Å². The van der Waals surface area contributed by atoms with Crippen molar-refractivity contribution in [1.29, 1.82) is 0 Å². The van der Waals surface area contributed by atoms with Crippen LogP contribution < -0.4 is 15.1 Å². The molecule has 2 saturated heterocycles. The molecule has 6 nitrogen and oxygen atoms in total. The number of morpholine rings is 1. The van der Waals surface area contributed by atoms with Gasteiger partial charge in [-0.25, -0.2) is 0 Å². The van der Waals surface area contributed by atoms with Gasteiger partial charge >= 0.3 is 0 Å². The Morgan fingerprint density at radius 3 is 2.39 bits per heavy atom. The van der Waals surface area contributed by atoms with Crippen molar-refractivity contribution in [1.82, 2.24) is 14.9 Å². The number of benzene rings is 2. The van der Waals surface area contributed by atoms with E-state index in [1.165, 1.54) is 11.3 Å². The van der Waals surface area contributed by atoms with Gasteiger partial charge in [0.15, 0.2) is 5.11 Å². The molecule has 2 atom stereocenters. The molecule has 2 fully saturated rings. The van der Waals surface area contributed by atoms with Gasteiger partial charge in [0, 0.05) is 52.8 Å². The van der Waals surface area contributed by atoms with E-state index in [9.17, 15) is 0 Å². The Bertz CT molecular complexity index is 1450. The Balaban J connectivity index is 1.43. The molecule has 0 amide bonds. The highest BCUT2D eigenvalue weighted by molar-refractivity contribution is 7.80. The minimum absolute atomic E-state index is 0.0780. The van der Waals surface area contributed by atoms with E-state index < -0.39 is 0 Å². The monoisotopic (exact) mass is 543 g/mol. The van der Waals surface area contributed by atoms with Crippen LogP contribution in [0, 0.1) is 13.8 Å². The molecule has 0 spiro atoms. The third kappa shape index (κ3) is 4.55. The summed E-state index contributed by atoms with van der Waals surface area (Å²) in [5.41, 5.74) is 7.74. The second-order valence-electron chi connectivity index (χ2n) is 9.75. The largest absolute Gasteiger partial charge is 0.378 e. The molecule has 0 radical (unpaired) electrons. The summed E-state index contributed by atoms with van der Waals surface area (Å²) in [5.74, 6) is 0. The molecular weight excluding hydrogens is 514 g/mol. The summed E-state index contributed by atoms with van der Waals surface area (Å²) in [6, 6.07) is 24.8. The lowest BCUT2D eigenvalue weighted by Crippen LogP contribution is -2.36. The zero-order valence-electron chi connectivity index (χ0n) is 21.5. The standard InChI is InChI=1S/C30H30ClN5OS/c1-20-18-26(21(2)35(20)25-7-5-6-22(31)19-25)29-28(27-8-3-4-13-32-27)33-30(38)36(29)24-11-9-23(10-12-24)34-14-16-37-17-15-34/h3-13,18-19,28-29H,14-17H2,1-2H3,(H,33,38)/t28-,29+/m1/s1. The Labute approximate surface area is 233 Å². The number of aromatic nitrogens is 2. The van der Waals surface area contributed by atoms with Crippen LogP contribution in [0.5, 0.6) is 0 Å². The number of hydrogen-bond donors (Lipinski definition) is 1. The zero-order valence-corrected chi connectivity index (χ0v) is 23.0. The maximum absolute atomic E-state index is 6.36. The quantitative estimate of drug-likeness (QED) is 0.304. The van der Waals surface area contributed by atoms with Crippen LogP contribution in [-0.4, -0.2) is 41.0 Å². The summed E-state index contributed by atoms with van der Waals surface area (Å²) in [6.45, 7) is 7.64. The van der Waals surface area contributed by atoms with Gasteiger partial charge in [-0.1, -0.05) is 23.7 Å². The number of rotatable bonds is 5. The highest BCUT2D eigenvalue weighted by atomic mass is 35.5. The van der Waals surface area contributed by atoms with Gasteiger partial charge in [0.25, 0.3) is 0 Å². The van der Waals surface area contributed by atoms with Gasteiger partial charge in [0.1, 0.15) is 0 Å². The number of nitrogens with zero attached hydrogens (tertiary/aromatic N) is 4. The molecule has 0 unspecified atom stereocenters. The number of pyridine rings is 1. The molecule has 0 aliphatic carbocycles. The lowest BCUT2D eigenvalue weighted by atomic mass is 9.96. The van der Waals surface area contributed by atoms with Gasteiger partial charge in [0.05, 0.1) is 31.0 Å². The van der Waals surface area contributed by atoms with Gasteiger partial charge in [-0.2, -0.15) is 0 Å². The SMILES string of the molecule is Cc1cc([C@H]2[C@@H](c3ccccn3)NC(=S)N2c2ccc(N3CCOCC3)cc2)c(C)n1-c1cccc(Cl)c1. The summed E-state index contributed by atoms with van der Waals surface area (Å²) >= 11 is 12.3. The molecular formula is C30H30ClN5OS. The lowest BCUT2D eigenvalue weighted by Gasteiger charge is -2.31. The first-order chi connectivity index (χ1) is 18.5. The first-order valence-electron chi connectivity index (χ1n) is 12.9. The van der Waals surface area contributed by atoms with Crippen LogP contribution in [0.2, 0.25) is 5.02 Å². The minimum atomic E-state index is -0.101. The van der Waals surface area contributed by atoms with Crippen LogP contribution in [0.1, 0.15) is 34.7 Å². The first-order valence-corrected chi connectivity index (χ1v) is 13.7. The number of aryl methyl sites for hydroxylation is 1. The summed E-state index contributed by atoms with van der Waals surface area (Å²) in [7, 11) is 0. The van der Waals surface area contributed by atoms with Gasteiger partial charge < -0.3 is 24.4 Å². The van der Waals surface area contributed by atoms with Crippen LogP contribution in [0.25, 0.3) is 5.69 Å². The molecule has 4 heterocycles. The number of nitrogens with one attached hydrogen (secondary N) is 1. The third-order valence-corrected chi connectivity index (χ3v) is 8.01. The lowest BCUT2D eigenvalue weighted by molar-refractivity contribution is 0.122. The fraction of sp³-hybridized carbons (Fsp3) is 0.267. The molecule has 38 heavy (non-hydrogen) atoms. The van der Waals surface area contributed by atoms with Crippen LogP contribution in [0.3, 0.4) is 0 Å². The topological polar surface area (TPSA) is 45.6 Å². The van der Waals surface area contributed by atoms with Crippen LogP contribution in [-0.2, 0) is 4.74 Å². The summed E-state index contributed by atoms with van der Waals surface area (Å²) in [4.78, 5) is 9.31.